The van der Waals surface area contributed by atoms with E-state index in [-0.39, 0.29) is 0 Å². The van der Waals surface area contributed by atoms with E-state index >= 15 is 0 Å². The molecule has 81 heavy (non-hydrogen) atoms. The van der Waals surface area contributed by atoms with Gasteiger partial charge in [0.25, 0.3) is 0 Å². The normalized spacial score (nSPS) is 11.7. The van der Waals surface area contributed by atoms with Gasteiger partial charge in [-0.25, -0.2) is 0 Å². The second-order valence-electron chi connectivity index (χ2n) is 25.0. The Balaban J connectivity index is 0.000000871. The fourth-order valence-electron chi connectivity index (χ4n) is 11.8. The molecular formula is C78H138N2Pd. The number of unbranched alkanes of at least 4 members (excludes halogenated alkanes) is 38. The quantitative estimate of drug-likeness (QED) is 0.0158. The van der Waals surface area contributed by atoms with Crippen LogP contribution in [0.1, 0.15) is 397 Å². The first-order valence-electron chi connectivity index (χ1n) is 36.4. The van der Waals surface area contributed by atoms with Crippen molar-refractivity contribution in [2.75, 3.05) is 0 Å². The monoisotopic (exact) mass is 1210 g/mol. The Kier molecular flexibility index (Phi) is 56.8. The van der Waals surface area contributed by atoms with Crippen LogP contribution < -0.4 is 0 Å². The molecule has 0 unspecified atom stereocenters. The molecule has 3 heteroatoms. The first-order valence-corrected chi connectivity index (χ1v) is 38.6. The number of aryl methyl sites for hydroxylation is 4. The molecular weight excluding hydrogens is 1070 g/mol. The van der Waals surface area contributed by atoms with E-state index in [1.807, 2.05) is 0 Å². The van der Waals surface area contributed by atoms with Gasteiger partial charge in [0.05, 0.1) is 5.57 Å². The molecule has 2 nitrogen and oxygen atoms in total. The summed E-state index contributed by atoms with van der Waals surface area (Å²) in [4.78, 5) is 6.69. The summed E-state index contributed by atoms with van der Waals surface area (Å²) in [6, 6.07) is 15.0. The molecule has 0 atom stereocenters. The third kappa shape index (κ3) is 44.2. The average molecular weight is 1210 g/mol. The summed E-state index contributed by atoms with van der Waals surface area (Å²) in [7, 11) is 0. The molecule has 0 aliphatic rings. The van der Waals surface area contributed by atoms with E-state index in [1.165, 1.54) is 321 Å². The van der Waals surface area contributed by atoms with Crippen LogP contribution in [-0.4, -0.2) is 10.7 Å². The first kappa shape index (κ1) is 77.0. The van der Waals surface area contributed by atoms with Crippen LogP contribution in [0.3, 0.4) is 0 Å². The Morgan fingerprint density at radius 2 is 0.580 bits per heavy atom. The topological polar surface area (TPSA) is 36.4 Å². The number of hydrogen-bond donors (Lipinski definition) is 0. The minimum absolute atomic E-state index is 0.913. The molecule has 0 heterocycles. The Labute approximate surface area is 516 Å². The Morgan fingerprint density at radius 3 is 0.889 bits per heavy atom. The van der Waals surface area contributed by atoms with Crippen molar-refractivity contribution < 1.29 is 22.8 Å². The van der Waals surface area contributed by atoms with Gasteiger partial charge in [-0.15, -0.1) is 4.79 Å². The summed E-state index contributed by atoms with van der Waals surface area (Å²) >= 11 is 1.06. The van der Waals surface area contributed by atoms with Crippen molar-refractivity contribution in [1.29, 1.82) is 0 Å². The molecule has 0 radical (unpaired) electrons. The van der Waals surface area contributed by atoms with Gasteiger partial charge in [0.2, 0.25) is 0 Å². The second kappa shape index (κ2) is 59.7. The molecule has 0 saturated heterocycles. The summed E-state index contributed by atoms with van der Waals surface area (Å²) in [6.45, 7) is 18.4. The van der Waals surface area contributed by atoms with Crippen molar-refractivity contribution in [3.05, 3.63) is 86.5 Å². The van der Waals surface area contributed by atoms with Gasteiger partial charge < -0.3 is 5.53 Å². The maximum atomic E-state index is 9.99. The Bertz CT molecular complexity index is 1720. The van der Waals surface area contributed by atoms with Crippen LogP contribution in [0.4, 0.5) is 0 Å². The van der Waals surface area contributed by atoms with E-state index in [9.17, 15) is 5.53 Å². The summed E-state index contributed by atoms with van der Waals surface area (Å²) < 4.78 is 0. The SMILES string of the molecule is CCCCCCCCC(=C=[N+]=[N-])C(CCCC)=C(c1cc(CCCC)cc(CCCC)c1)c1cc(CCCCC)cc(CCCCC)c1.CCCCCCCCCCCCCCC[CH2][Pd][CH2]CCCCCCCCCCCCCCC. The van der Waals surface area contributed by atoms with Crippen LogP contribution in [0.15, 0.2) is 47.5 Å². The maximum absolute atomic E-state index is 9.99. The summed E-state index contributed by atoms with van der Waals surface area (Å²) in [6.07, 6.45) is 70.1. The van der Waals surface area contributed by atoms with Gasteiger partial charge in [-0.05, 0) is 122 Å². The molecule has 0 aliphatic heterocycles. The van der Waals surface area contributed by atoms with Crippen LogP contribution >= 0.6 is 0 Å². The van der Waals surface area contributed by atoms with Crippen molar-refractivity contribution in [3.63, 3.8) is 0 Å². The van der Waals surface area contributed by atoms with E-state index in [0.29, 0.717) is 0 Å². The Hall–Kier alpha value is -2.00. The minimum Gasteiger partial charge on any atom is -0.0654 e. The molecule has 2 aromatic carbocycles. The van der Waals surface area contributed by atoms with E-state index < -0.39 is 0 Å². The molecule has 0 N–H and O–H groups in total. The third-order valence-corrected chi connectivity index (χ3v) is 19.2. The molecule has 2 aromatic rings. The number of nitrogens with zero attached hydrogens (tertiary/aromatic N) is 2. The van der Waals surface area contributed by atoms with Crippen LogP contribution in [-0.2, 0) is 43.7 Å². The van der Waals surface area contributed by atoms with Gasteiger partial charge in [-0.2, -0.15) is 0 Å². The Morgan fingerprint density at radius 1 is 0.309 bits per heavy atom. The number of benzene rings is 2. The van der Waals surface area contributed by atoms with Crippen molar-refractivity contribution >= 4 is 11.4 Å². The summed E-state index contributed by atoms with van der Waals surface area (Å²) in [5.41, 5.74) is 22.4. The van der Waals surface area contributed by atoms with Gasteiger partial charge in [-0.1, -0.05) is 207 Å². The predicted octanol–water partition coefficient (Wildman–Crippen LogP) is 27.3. The second-order valence-corrected chi connectivity index (χ2v) is 27.4. The van der Waals surface area contributed by atoms with Gasteiger partial charge in [0, 0.05) is 0 Å². The standard InChI is InChI=1S/C46H72N2.2C16H33.Pd/c1-7-13-19-20-21-24-29-42(37-48-47)45(30-18-12-6)46(43-33-38(25-16-10-4)31-39(34-43)26-17-11-5)44-35-40(27-22-14-8-2)32-41(36-44)28-23-15-9-3;2*1-3-5-7-9-11-13-15-16-14-12-10-8-6-4-2;/h31-36H,7-30H2,1-6H3;2*1,3-16H2,2H3;. The average Bonchev–Trinajstić information content (AvgIpc) is 3.57. The smallest absolute Gasteiger partial charge is 0.0654 e. The molecule has 2 rings (SSSR count). The van der Waals surface area contributed by atoms with Gasteiger partial charge in [0.1, 0.15) is 0 Å². The van der Waals surface area contributed by atoms with Crippen LogP contribution in [0.5, 0.6) is 0 Å². The van der Waals surface area contributed by atoms with Crippen molar-refractivity contribution in [3.8, 4) is 0 Å². The summed E-state index contributed by atoms with van der Waals surface area (Å²) in [5, 5.41) is 0. The minimum atomic E-state index is 0.913. The van der Waals surface area contributed by atoms with Crippen LogP contribution in [0.25, 0.3) is 11.1 Å². The predicted molar refractivity (Wildman–Crippen MR) is 362 cm³/mol. The van der Waals surface area contributed by atoms with Crippen molar-refractivity contribution in [2.24, 2.45) is 0 Å². The number of rotatable bonds is 57. The molecule has 0 aliphatic carbocycles. The van der Waals surface area contributed by atoms with Gasteiger partial charge >= 0.3 is 175 Å². The zero-order valence-corrected chi connectivity index (χ0v) is 57.4. The van der Waals surface area contributed by atoms with E-state index in [1.54, 1.807) is 9.79 Å². The molecule has 0 aromatic heterocycles. The van der Waals surface area contributed by atoms with E-state index in [2.05, 4.69) is 102 Å². The van der Waals surface area contributed by atoms with E-state index in [4.69, 9.17) is 0 Å². The van der Waals surface area contributed by atoms with Gasteiger partial charge in [-0.3, -0.25) is 0 Å². The van der Waals surface area contributed by atoms with Crippen LogP contribution in [0, 0.1) is 0 Å². The fraction of sp³-hybridized carbons (Fsp3) is 0.795. The molecule has 0 spiro atoms. The molecule has 0 fully saturated rings. The molecule has 0 amide bonds. The van der Waals surface area contributed by atoms with Crippen molar-refractivity contribution in [2.45, 2.75) is 399 Å². The van der Waals surface area contributed by atoms with Crippen molar-refractivity contribution in [1.82, 2.24) is 0 Å². The number of hydrogen-bond acceptors (Lipinski definition) is 0. The number of allylic oxidation sites excluding steroid dienone is 2. The zero-order valence-electron chi connectivity index (χ0n) is 55.9. The third-order valence-electron chi connectivity index (χ3n) is 17.0. The molecule has 0 saturated carbocycles. The molecule has 0 bridgehead atoms. The van der Waals surface area contributed by atoms with Gasteiger partial charge in [0.15, 0.2) is 0 Å². The van der Waals surface area contributed by atoms with E-state index in [0.717, 1.165) is 81.3 Å². The fourth-order valence-corrected chi connectivity index (χ4v) is 13.8. The summed E-state index contributed by atoms with van der Waals surface area (Å²) in [5.74, 6) is 3.16. The van der Waals surface area contributed by atoms with Crippen LogP contribution in [0.2, 0.25) is 9.79 Å². The zero-order chi connectivity index (χ0) is 58.7. The first-order chi connectivity index (χ1) is 40.0. The molecule has 470 valence electrons.